The third-order valence-corrected chi connectivity index (χ3v) is 5.48. The summed E-state index contributed by atoms with van der Waals surface area (Å²) < 4.78 is 11.2. The van der Waals surface area contributed by atoms with Gasteiger partial charge in [-0.25, -0.2) is 4.79 Å². The molecule has 1 heterocycles. The first-order valence-electron chi connectivity index (χ1n) is 11.3. The quantitative estimate of drug-likeness (QED) is 0.628. The van der Waals surface area contributed by atoms with Gasteiger partial charge in [-0.1, -0.05) is 68.4 Å². The lowest BCUT2D eigenvalue weighted by molar-refractivity contribution is -0.131. The van der Waals surface area contributed by atoms with Gasteiger partial charge < -0.3 is 19.7 Å². The molecular weight excluding hydrogens is 418 g/mol. The van der Waals surface area contributed by atoms with E-state index in [-0.39, 0.29) is 12.5 Å². The first-order valence-corrected chi connectivity index (χ1v) is 11.3. The molecule has 0 aromatic heterocycles. The van der Waals surface area contributed by atoms with Gasteiger partial charge in [-0.05, 0) is 35.4 Å². The van der Waals surface area contributed by atoms with Gasteiger partial charge in [0.1, 0.15) is 6.04 Å². The smallest absolute Gasteiger partial charge is 0.410 e. The van der Waals surface area contributed by atoms with E-state index < -0.39 is 24.1 Å². The fourth-order valence-electron chi connectivity index (χ4n) is 3.73. The summed E-state index contributed by atoms with van der Waals surface area (Å²) in [5.74, 6) is -0.352. The van der Waals surface area contributed by atoms with Gasteiger partial charge in [0, 0.05) is 13.1 Å². The maximum absolute atomic E-state index is 12.9. The summed E-state index contributed by atoms with van der Waals surface area (Å²) >= 11 is 0. The summed E-state index contributed by atoms with van der Waals surface area (Å²) in [5, 5.41) is 12.1. The number of benzene rings is 2. The minimum Gasteiger partial charge on any atom is -0.436 e. The number of hydrogen-bond acceptors (Lipinski definition) is 5. The summed E-state index contributed by atoms with van der Waals surface area (Å²) in [4.78, 5) is 27.3. The Morgan fingerprint density at radius 1 is 1.09 bits per heavy atom. The van der Waals surface area contributed by atoms with Crippen molar-refractivity contribution in [3.05, 3.63) is 71.3 Å². The molecule has 0 saturated heterocycles. The molecule has 2 aromatic rings. The Bertz CT molecular complexity index is 971. The van der Waals surface area contributed by atoms with Crippen LogP contribution in [0.2, 0.25) is 0 Å². The van der Waals surface area contributed by atoms with Gasteiger partial charge >= 0.3 is 6.09 Å². The summed E-state index contributed by atoms with van der Waals surface area (Å²) in [5.41, 5.74) is 3.30. The number of nitrogens with one attached hydrogen (secondary N) is 1. The van der Waals surface area contributed by atoms with Crippen molar-refractivity contribution in [1.82, 2.24) is 10.2 Å². The number of amides is 2. The van der Waals surface area contributed by atoms with Crippen molar-refractivity contribution in [2.75, 3.05) is 13.2 Å². The fraction of sp³-hybridized carbons (Fsp3) is 0.423. The van der Waals surface area contributed by atoms with E-state index >= 15 is 0 Å². The van der Waals surface area contributed by atoms with E-state index in [1.165, 1.54) is 5.56 Å². The van der Waals surface area contributed by atoms with E-state index in [1.54, 1.807) is 4.90 Å². The number of carbonyl (C=O) groups excluding carboxylic acids is 2. The number of carbonyl (C=O) groups is 2. The Morgan fingerprint density at radius 2 is 1.79 bits per heavy atom. The van der Waals surface area contributed by atoms with Gasteiger partial charge in [0.15, 0.2) is 6.10 Å². The van der Waals surface area contributed by atoms with Crippen LogP contribution in [-0.4, -0.2) is 42.2 Å². The predicted octanol–water partition coefficient (Wildman–Crippen LogP) is 3.82. The number of nitriles is 1. The molecule has 0 bridgehead atoms. The van der Waals surface area contributed by atoms with Crippen LogP contribution in [0.3, 0.4) is 0 Å². The molecular formula is C26H31N3O4. The molecule has 1 unspecified atom stereocenters. The van der Waals surface area contributed by atoms with Crippen LogP contribution in [-0.2, 0) is 33.8 Å². The molecule has 0 fully saturated rings. The van der Waals surface area contributed by atoms with Crippen molar-refractivity contribution in [2.45, 2.75) is 52.0 Å². The summed E-state index contributed by atoms with van der Waals surface area (Å²) in [6, 6.07) is 18.8. The highest BCUT2D eigenvalue weighted by Crippen LogP contribution is 2.20. The van der Waals surface area contributed by atoms with E-state index in [9.17, 15) is 14.9 Å². The van der Waals surface area contributed by atoms with Gasteiger partial charge in [0.05, 0.1) is 19.3 Å². The topological polar surface area (TPSA) is 91.7 Å². The van der Waals surface area contributed by atoms with Crippen molar-refractivity contribution >= 4 is 12.0 Å². The summed E-state index contributed by atoms with van der Waals surface area (Å²) in [6.45, 7) is 5.29. The fourth-order valence-corrected chi connectivity index (χ4v) is 3.73. The van der Waals surface area contributed by atoms with Crippen molar-refractivity contribution in [3.8, 4) is 6.07 Å². The lowest BCUT2D eigenvalue weighted by Gasteiger charge is -2.30. The Balaban J connectivity index is 1.55. The van der Waals surface area contributed by atoms with Crippen molar-refractivity contribution in [1.29, 1.82) is 5.26 Å². The van der Waals surface area contributed by atoms with Crippen LogP contribution in [0.4, 0.5) is 4.79 Å². The summed E-state index contributed by atoms with van der Waals surface area (Å²) in [7, 11) is 0. The van der Waals surface area contributed by atoms with Gasteiger partial charge in [0.2, 0.25) is 0 Å². The van der Waals surface area contributed by atoms with Crippen LogP contribution in [0, 0.1) is 17.2 Å². The second kappa shape index (κ2) is 12.0. The van der Waals surface area contributed by atoms with E-state index in [2.05, 4.69) is 11.4 Å². The highest BCUT2D eigenvalue weighted by Gasteiger charge is 2.29. The molecule has 0 saturated carbocycles. The van der Waals surface area contributed by atoms with Crippen LogP contribution in [0.15, 0.2) is 54.6 Å². The molecule has 7 nitrogen and oxygen atoms in total. The zero-order valence-corrected chi connectivity index (χ0v) is 19.2. The molecule has 1 N–H and O–H groups in total. The molecule has 1 aliphatic heterocycles. The standard InChI is InChI=1S/C26H31N3O4/c1-19(2)14-24(33-26(31)29-13-12-21-10-6-7-11-22(21)16-29)25(30)28-23(15-27)18-32-17-20-8-4-3-5-9-20/h3-11,19,23-24H,12-14,16-18H2,1-2H3,(H,28,30)/t23-,24?/m1/s1. The lowest BCUT2D eigenvalue weighted by Crippen LogP contribution is -2.47. The van der Waals surface area contributed by atoms with Crippen LogP contribution >= 0.6 is 0 Å². The molecule has 0 aliphatic carbocycles. The number of rotatable bonds is 9. The van der Waals surface area contributed by atoms with Gasteiger partial charge in [-0.2, -0.15) is 5.26 Å². The first kappa shape index (κ1) is 24.3. The zero-order chi connectivity index (χ0) is 23.6. The van der Waals surface area contributed by atoms with Crippen LogP contribution in [0.25, 0.3) is 0 Å². The maximum Gasteiger partial charge on any atom is 0.410 e. The number of hydrogen-bond donors (Lipinski definition) is 1. The molecule has 3 rings (SSSR count). The second-order valence-electron chi connectivity index (χ2n) is 8.63. The number of fused-ring (bicyclic) bond motifs is 1. The van der Waals surface area contributed by atoms with Crippen molar-refractivity contribution < 1.29 is 19.1 Å². The Labute approximate surface area is 195 Å². The minimum absolute atomic E-state index is 0.0440. The molecule has 2 atom stereocenters. The third kappa shape index (κ3) is 7.33. The molecule has 174 valence electrons. The monoisotopic (exact) mass is 449 g/mol. The van der Waals surface area contributed by atoms with Crippen molar-refractivity contribution in [2.24, 2.45) is 5.92 Å². The van der Waals surface area contributed by atoms with Crippen molar-refractivity contribution in [3.63, 3.8) is 0 Å². The SMILES string of the molecule is CC(C)CC(OC(=O)N1CCc2ccccc2C1)C(=O)N[C@H](C#N)COCc1ccccc1. The second-order valence-corrected chi connectivity index (χ2v) is 8.63. The average Bonchev–Trinajstić information content (AvgIpc) is 2.82. The lowest BCUT2D eigenvalue weighted by atomic mass is 10.0. The van der Waals surface area contributed by atoms with Crippen LogP contribution in [0.1, 0.15) is 37.0 Å². The molecule has 33 heavy (non-hydrogen) atoms. The van der Waals surface area contributed by atoms with E-state index in [1.807, 2.05) is 68.4 Å². The minimum atomic E-state index is -0.973. The number of nitrogens with zero attached hydrogens (tertiary/aromatic N) is 2. The molecule has 1 aliphatic rings. The third-order valence-electron chi connectivity index (χ3n) is 5.48. The van der Waals surface area contributed by atoms with Gasteiger partial charge in [0.25, 0.3) is 5.91 Å². The van der Waals surface area contributed by atoms with E-state index in [0.29, 0.717) is 26.1 Å². The largest absolute Gasteiger partial charge is 0.436 e. The zero-order valence-electron chi connectivity index (χ0n) is 19.2. The molecule has 0 spiro atoms. The Kier molecular flexibility index (Phi) is 8.85. The van der Waals surface area contributed by atoms with Crippen LogP contribution in [0.5, 0.6) is 0 Å². The van der Waals surface area contributed by atoms with Gasteiger partial charge in [-0.3, -0.25) is 4.79 Å². The number of ether oxygens (including phenoxy) is 2. The van der Waals surface area contributed by atoms with Gasteiger partial charge in [-0.15, -0.1) is 0 Å². The van der Waals surface area contributed by atoms with E-state index in [0.717, 1.165) is 17.5 Å². The van der Waals surface area contributed by atoms with E-state index in [4.69, 9.17) is 9.47 Å². The first-order chi connectivity index (χ1) is 16.0. The Morgan fingerprint density at radius 3 is 2.48 bits per heavy atom. The molecule has 2 aromatic carbocycles. The normalized spacial score (nSPS) is 14.7. The molecule has 2 amide bonds. The highest BCUT2D eigenvalue weighted by atomic mass is 16.6. The Hall–Kier alpha value is -3.37. The molecule has 0 radical (unpaired) electrons. The predicted molar refractivity (Wildman–Crippen MR) is 124 cm³/mol. The maximum atomic E-state index is 12.9. The highest BCUT2D eigenvalue weighted by molar-refractivity contribution is 5.84. The average molecular weight is 450 g/mol. The summed E-state index contributed by atoms with van der Waals surface area (Å²) in [6.07, 6.45) is -0.370. The molecule has 7 heteroatoms. The van der Waals surface area contributed by atoms with Crippen LogP contribution < -0.4 is 5.32 Å².